The number of anilines is 1. The smallest absolute Gasteiger partial charge is 0.323 e. The first-order chi connectivity index (χ1) is 13.6. The summed E-state index contributed by atoms with van der Waals surface area (Å²) in [6, 6.07) is 20.2. The molecule has 2 aliphatic rings. The Hall–Kier alpha value is -2.86. The maximum Gasteiger partial charge on any atom is 0.323 e. The fourth-order valence-electron chi connectivity index (χ4n) is 4.41. The molecule has 0 saturated carbocycles. The van der Waals surface area contributed by atoms with E-state index in [9.17, 15) is 14.7 Å². The molecule has 28 heavy (non-hydrogen) atoms. The van der Waals surface area contributed by atoms with Crippen LogP contribution in [0.25, 0.3) is 0 Å². The van der Waals surface area contributed by atoms with Crippen molar-refractivity contribution < 1.29 is 14.7 Å². The van der Waals surface area contributed by atoms with E-state index in [1.165, 1.54) is 10.5 Å². The minimum atomic E-state index is -0.972. The van der Waals surface area contributed by atoms with E-state index in [4.69, 9.17) is 0 Å². The third-order valence-corrected chi connectivity index (χ3v) is 5.84. The first kappa shape index (κ1) is 18.5. The highest BCUT2D eigenvalue weighted by molar-refractivity contribution is 5.95. The molecule has 146 valence electrons. The molecule has 0 bridgehead atoms. The van der Waals surface area contributed by atoms with Gasteiger partial charge in [-0.15, -0.1) is 0 Å². The van der Waals surface area contributed by atoms with Crippen LogP contribution in [0, 0.1) is 0 Å². The number of piperidine rings is 1. The van der Waals surface area contributed by atoms with Gasteiger partial charge in [-0.05, 0) is 30.5 Å². The molecule has 1 N–H and O–H groups in total. The van der Waals surface area contributed by atoms with Crippen LogP contribution in [0.3, 0.4) is 0 Å². The highest BCUT2D eigenvalue weighted by Crippen LogP contribution is 2.39. The van der Waals surface area contributed by atoms with E-state index in [0.29, 0.717) is 19.5 Å². The minimum Gasteiger partial charge on any atom is -0.480 e. The van der Waals surface area contributed by atoms with Crippen LogP contribution >= 0.6 is 0 Å². The molecule has 2 saturated heterocycles. The highest BCUT2D eigenvalue weighted by atomic mass is 16.4. The Balaban J connectivity index is 1.54. The van der Waals surface area contributed by atoms with Crippen molar-refractivity contribution in [3.05, 3.63) is 66.2 Å². The summed E-state index contributed by atoms with van der Waals surface area (Å²) in [5.74, 6) is -1.03. The Morgan fingerprint density at radius 2 is 1.57 bits per heavy atom. The number of nitrogens with zero attached hydrogens (tertiary/aromatic N) is 3. The summed E-state index contributed by atoms with van der Waals surface area (Å²) < 4.78 is 0. The Kier molecular flexibility index (Phi) is 5.05. The molecule has 1 amide bonds. The molecule has 2 aromatic rings. The number of rotatable bonds is 5. The third kappa shape index (κ3) is 3.47. The van der Waals surface area contributed by atoms with E-state index < -0.39 is 11.5 Å². The van der Waals surface area contributed by atoms with Crippen LogP contribution < -0.4 is 4.90 Å². The van der Waals surface area contributed by atoms with Crippen molar-refractivity contribution in [1.29, 1.82) is 0 Å². The molecule has 1 spiro atoms. The lowest BCUT2D eigenvalue weighted by molar-refractivity contribution is -0.144. The third-order valence-electron chi connectivity index (χ3n) is 5.84. The number of carbonyl (C=O) groups is 2. The van der Waals surface area contributed by atoms with Crippen molar-refractivity contribution in [1.82, 2.24) is 9.80 Å². The number of carboxylic acids is 1. The molecule has 0 unspecified atom stereocenters. The van der Waals surface area contributed by atoms with Crippen LogP contribution in [0.2, 0.25) is 0 Å². The summed E-state index contributed by atoms with van der Waals surface area (Å²) in [7, 11) is 0. The molecular weight excluding hydrogens is 354 g/mol. The van der Waals surface area contributed by atoms with Crippen LogP contribution in [0.15, 0.2) is 60.7 Å². The van der Waals surface area contributed by atoms with Gasteiger partial charge in [0.05, 0.1) is 6.67 Å². The lowest BCUT2D eigenvalue weighted by atomic mass is 9.85. The lowest BCUT2D eigenvalue weighted by Crippen LogP contribution is -2.56. The largest absolute Gasteiger partial charge is 0.480 e. The molecule has 2 heterocycles. The number of carboxylic acid groups (broad SMARTS) is 1. The summed E-state index contributed by atoms with van der Waals surface area (Å²) in [5.41, 5.74) is 1.59. The molecule has 0 aromatic heterocycles. The van der Waals surface area contributed by atoms with Crippen LogP contribution in [-0.2, 0) is 16.1 Å². The highest BCUT2D eigenvalue weighted by Gasteiger charge is 2.53. The van der Waals surface area contributed by atoms with Crippen LogP contribution in [-0.4, -0.2) is 58.6 Å². The van der Waals surface area contributed by atoms with Crippen molar-refractivity contribution in [2.75, 3.05) is 31.2 Å². The zero-order valence-corrected chi connectivity index (χ0v) is 15.8. The number of likely N-dealkylation sites (tertiary alicyclic amines) is 1. The van der Waals surface area contributed by atoms with Crippen molar-refractivity contribution in [3.8, 4) is 0 Å². The summed E-state index contributed by atoms with van der Waals surface area (Å²) in [5, 5.41) is 9.22. The van der Waals surface area contributed by atoms with E-state index in [2.05, 4.69) is 21.9 Å². The van der Waals surface area contributed by atoms with Gasteiger partial charge in [0.15, 0.2) is 0 Å². The van der Waals surface area contributed by atoms with Gasteiger partial charge >= 0.3 is 5.97 Å². The molecule has 4 rings (SSSR count). The summed E-state index contributed by atoms with van der Waals surface area (Å²) >= 11 is 0. The summed E-state index contributed by atoms with van der Waals surface area (Å²) in [4.78, 5) is 30.5. The van der Waals surface area contributed by atoms with Gasteiger partial charge in [-0.1, -0.05) is 48.5 Å². The fourth-order valence-corrected chi connectivity index (χ4v) is 4.41. The first-order valence-electron chi connectivity index (χ1n) is 9.69. The van der Waals surface area contributed by atoms with Gasteiger partial charge in [-0.2, -0.15) is 0 Å². The molecule has 2 aliphatic heterocycles. The number of aliphatic carboxylic acids is 1. The number of para-hydroxylation sites is 1. The van der Waals surface area contributed by atoms with Crippen LogP contribution in [0.1, 0.15) is 18.4 Å². The van der Waals surface area contributed by atoms with Crippen LogP contribution in [0.4, 0.5) is 5.69 Å². The normalized spacial score (nSPS) is 19.4. The number of carbonyl (C=O) groups excluding carboxylic acids is 1. The van der Waals surface area contributed by atoms with Gasteiger partial charge < -0.3 is 14.9 Å². The van der Waals surface area contributed by atoms with E-state index >= 15 is 0 Å². The van der Waals surface area contributed by atoms with E-state index in [1.54, 1.807) is 0 Å². The zero-order chi connectivity index (χ0) is 19.6. The van der Waals surface area contributed by atoms with E-state index in [-0.39, 0.29) is 12.5 Å². The molecule has 2 fully saturated rings. The predicted octanol–water partition coefficient (Wildman–Crippen LogP) is 2.41. The second-order valence-electron chi connectivity index (χ2n) is 7.60. The van der Waals surface area contributed by atoms with Crippen molar-refractivity contribution in [2.45, 2.75) is 24.9 Å². The van der Waals surface area contributed by atoms with Crippen LogP contribution in [0.5, 0.6) is 0 Å². The zero-order valence-electron chi connectivity index (χ0n) is 15.8. The second kappa shape index (κ2) is 7.64. The maximum absolute atomic E-state index is 13.3. The van der Waals surface area contributed by atoms with Gasteiger partial charge in [0.25, 0.3) is 5.91 Å². The van der Waals surface area contributed by atoms with Crippen molar-refractivity contribution in [3.63, 3.8) is 0 Å². The topological polar surface area (TPSA) is 64.1 Å². The summed E-state index contributed by atoms with van der Waals surface area (Å²) in [6.45, 7) is 2.57. The number of amides is 1. The molecule has 0 atom stereocenters. The van der Waals surface area contributed by atoms with E-state index in [1.807, 2.05) is 48.5 Å². The Morgan fingerprint density at radius 3 is 2.18 bits per heavy atom. The molecule has 0 aliphatic carbocycles. The monoisotopic (exact) mass is 379 g/mol. The SMILES string of the molecule is O=C(O)CN1CN(c2ccccc2)C2(CCN(Cc3ccccc3)CC2)C1=O. The molecule has 6 heteroatoms. The summed E-state index contributed by atoms with van der Waals surface area (Å²) in [6.07, 6.45) is 1.40. The Morgan fingerprint density at radius 1 is 0.964 bits per heavy atom. The Labute approximate surface area is 165 Å². The van der Waals surface area contributed by atoms with Gasteiger partial charge in [0.2, 0.25) is 0 Å². The molecule has 0 radical (unpaired) electrons. The van der Waals surface area contributed by atoms with Gasteiger partial charge in [0, 0.05) is 25.3 Å². The number of hydrogen-bond donors (Lipinski definition) is 1. The second-order valence-corrected chi connectivity index (χ2v) is 7.60. The quantitative estimate of drug-likeness (QED) is 0.864. The van der Waals surface area contributed by atoms with Gasteiger partial charge in [-0.25, -0.2) is 0 Å². The standard InChI is InChI=1S/C22H25N3O3/c26-20(27)16-24-17-25(19-9-5-2-6-10-19)22(21(24)28)11-13-23(14-12-22)15-18-7-3-1-4-8-18/h1-10H,11-17H2,(H,26,27). The van der Waals surface area contributed by atoms with Gasteiger partial charge in [0.1, 0.15) is 12.1 Å². The van der Waals surface area contributed by atoms with Crippen molar-refractivity contribution in [2.24, 2.45) is 0 Å². The molecule has 2 aromatic carbocycles. The van der Waals surface area contributed by atoms with Gasteiger partial charge in [-0.3, -0.25) is 14.5 Å². The number of hydrogen-bond acceptors (Lipinski definition) is 4. The maximum atomic E-state index is 13.3. The average Bonchev–Trinajstić information content (AvgIpc) is 2.97. The average molecular weight is 379 g/mol. The molecule has 6 nitrogen and oxygen atoms in total. The predicted molar refractivity (Wildman–Crippen MR) is 107 cm³/mol. The minimum absolute atomic E-state index is 0.0573. The fraction of sp³-hybridized carbons (Fsp3) is 0.364. The first-order valence-corrected chi connectivity index (χ1v) is 9.69. The lowest BCUT2D eigenvalue weighted by Gasteiger charge is -2.43. The van der Waals surface area contributed by atoms with Crippen molar-refractivity contribution >= 4 is 17.6 Å². The van der Waals surface area contributed by atoms with E-state index in [0.717, 1.165) is 25.3 Å². The molecular formula is C22H25N3O3. The number of benzene rings is 2. The Bertz CT molecular complexity index is 833.